The van der Waals surface area contributed by atoms with Crippen LogP contribution in [0.15, 0.2) is 42.5 Å². The first-order chi connectivity index (χ1) is 9.99. The molecule has 1 unspecified atom stereocenters. The number of halogens is 2. The van der Waals surface area contributed by atoms with Gasteiger partial charge in [-0.05, 0) is 35.4 Å². The van der Waals surface area contributed by atoms with E-state index in [4.69, 9.17) is 23.2 Å². The Morgan fingerprint density at radius 2 is 1.62 bits per heavy atom. The molecule has 2 aromatic rings. The summed E-state index contributed by atoms with van der Waals surface area (Å²) < 4.78 is 0. The van der Waals surface area contributed by atoms with E-state index in [0.29, 0.717) is 10.0 Å². The molecule has 0 aliphatic carbocycles. The fourth-order valence-corrected chi connectivity index (χ4v) is 3.00. The quantitative estimate of drug-likeness (QED) is 0.836. The number of nitrogens with zero attached hydrogens (tertiary/aromatic N) is 2. The van der Waals surface area contributed by atoms with Gasteiger partial charge in [-0.1, -0.05) is 41.4 Å². The lowest BCUT2D eigenvalue weighted by atomic mass is 9.93. The normalized spacial score (nSPS) is 17.5. The van der Waals surface area contributed by atoms with Crippen LogP contribution in [0.5, 0.6) is 0 Å². The average Bonchev–Trinajstić information content (AvgIpc) is 2.71. The van der Waals surface area contributed by atoms with Gasteiger partial charge in [-0.25, -0.2) is 10.0 Å². The van der Waals surface area contributed by atoms with Crippen molar-refractivity contribution < 1.29 is 4.79 Å². The summed E-state index contributed by atoms with van der Waals surface area (Å²) in [5.74, 6) is -0.309. The number of hydrogen-bond acceptors (Lipinski definition) is 2. The molecule has 108 valence electrons. The van der Waals surface area contributed by atoms with Gasteiger partial charge in [-0.3, -0.25) is 4.79 Å². The van der Waals surface area contributed by atoms with Gasteiger partial charge in [0.25, 0.3) is 5.91 Å². The van der Waals surface area contributed by atoms with Crippen LogP contribution in [0, 0.1) is 0 Å². The molecule has 1 aliphatic heterocycles. The summed E-state index contributed by atoms with van der Waals surface area (Å²) in [6.45, 7) is 0. The second-order valence-electron chi connectivity index (χ2n) is 5.18. The molecule has 0 spiro atoms. The Morgan fingerprint density at radius 1 is 1.00 bits per heavy atom. The molecule has 0 bridgehead atoms. The lowest BCUT2D eigenvalue weighted by Crippen LogP contribution is -2.40. The van der Waals surface area contributed by atoms with Crippen LogP contribution in [0.3, 0.4) is 0 Å². The van der Waals surface area contributed by atoms with Crippen molar-refractivity contribution in [3.63, 3.8) is 0 Å². The third-order valence-corrected chi connectivity index (χ3v) is 4.08. The molecule has 0 fully saturated rings. The zero-order chi connectivity index (χ0) is 15.1. The summed E-state index contributed by atoms with van der Waals surface area (Å²) in [7, 11) is 3.68. The number of amides is 1. The maximum atomic E-state index is 12.8. The Bertz CT molecular complexity index is 698. The molecule has 1 heterocycles. The van der Waals surface area contributed by atoms with Gasteiger partial charge in [0, 0.05) is 24.1 Å². The van der Waals surface area contributed by atoms with Crippen molar-refractivity contribution in [2.45, 2.75) is 5.92 Å². The highest BCUT2D eigenvalue weighted by Crippen LogP contribution is 2.42. The van der Waals surface area contributed by atoms with Gasteiger partial charge >= 0.3 is 0 Å². The number of carbonyl (C=O) groups excluding carboxylic acids is 1. The van der Waals surface area contributed by atoms with E-state index in [0.717, 1.165) is 16.8 Å². The summed E-state index contributed by atoms with van der Waals surface area (Å²) in [6, 6.07) is 12.9. The Kier molecular flexibility index (Phi) is 3.66. The zero-order valence-corrected chi connectivity index (χ0v) is 13.2. The van der Waals surface area contributed by atoms with Crippen molar-refractivity contribution in [1.82, 2.24) is 5.01 Å². The van der Waals surface area contributed by atoms with E-state index in [1.54, 1.807) is 22.2 Å². The maximum Gasteiger partial charge on any atom is 0.253 e. The zero-order valence-electron chi connectivity index (χ0n) is 11.7. The minimum Gasteiger partial charge on any atom is -0.272 e. The monoisotopic (exact) mass is 320 g/mol. The summed E-state index contributed by atoms with van der Waals surface area (Å²) in [5.41, 5.74) is 2.72. The van der Waals surface area contributed by atoms with E-state index in [-0.39, 0.29) is 11.8 Å². The van der Waals surface area contributed by atoms with Crippen LogP contribution < -0.4 is 5.01 Å². The lowest BCUT2D eigenvalue weighted by molar-refractivity contribution is -0.120. The summed E-state index contributed by atoms with van der Waals surface area (Å²) in [6.07, 6.45) is 0. The molecule has 0 N–H and O–H groups in total. The highest BCUT2D eigenvalue weighted by atomic mass is 35.5. The van der Waals surface area contributed by atoms with Gasteiger partial charge in [0.2, 0.25) is 0 Å². The van der Waals surface area contributed by atoms with Crippen LogP contribution in [-0.4, -0.2) is 25.0 Å². The van der Waals surface area contributed by atoms with Crippen molar-refractivity contribution in [2.24, 2.45) is 0 Å². The predicted molar refractivity (Wildman–Crippen MR) is 85.9 cm³/mol. The highest BCUT2D eigenvalue weighted by Gasteiger charge is 2.39. The molecule has 3 nitrogen and oxygen atoms in total. The molecule has 3 rings (SSSR count). The van der Waals surface area contributed by atoms with Crippen molar-refractivity contribution in [3.05, 3.63) is 63.6 Å². The fraction of sp³-hybridized carbons (Fsp3) is 0.188. The first kappa shape index (κ1) is 14.4. The first-order valence-corrected chi connectivity index (χ1v) is 7.31. The first-order valence-electron chi connectivity index (χ1n) is 6.55. The van der Waals surface area contributed by atoms with E-state index in [1.807, 2.05) is 44.4 Å². The standard InChI is InChI=1S/C16H14Cl2N2O/c1-19(2)20-14-9-12(18)7-8-13(14)15(16(20)21)10-3-5-11(17)6-4-10/h3-9,15H,1-2H3. The number of carbonyl (C=O) groups is 1. The fourth-order valence-electron chi connectivity index (χ4n) is 2.71. The maximum absolute atomic E-state index is 12.8. The van der Waals surface area contributed by atoms with Crippen LogP contribution in [0.25, 0.3) is 0 Å². The van der Waals surface area contributed by atoms with Gasteiger partial charge in [-0.2, -0.15) is 0 Å². The second-order valence-corrected chi connectivity index (χ2v) is 6.06. The van der Waals surface area contributed by atoms with Crippen molar-refractivity contribution in [3.8, 4) is 0 Å². The molecular weight excluding hydrogens is 307 g/mol. The van der Waals surface area contributed by atoms with E-state index in [1.165, 1.54) is 0 Å². The predicted octanol–water partition coefficient (Wildman–Crippen LogP) is 3.95. The van der Waals surface area contributed by atoms with Crippen molar-refractivity contribution >= 4 is 34.8 Å². The Hall–Kier alpha value is -1.55. The molecule has 0 saturated carbocycles. The molecule has 1 amide bonds. The van der Waals surface area contributed by atoms with Crippen LogP contribution in [-0.2, 0) is 4.79 Å². The molecule has 1 atom stereocenters. The topological polar surface area (TPSA) is 23.6 Å². The second kappa shape index (κ2) is 5.34. The molecular formula is C16H14Cl2N2O. The Balaban J connectivity index is 2.15. The summed E-state index contributed by atoms with van der Waals surface area (Å²) in [4.78, 5) is 12.8. The summed E-state index contributed by atoms with van der Waals surface area (Å²) in [5, 5.41) is 4.70. The van der Waals surface area contributed by atoms with E-state index in [2.05, 4.69) is 0 Å². The number of rotatable bonds is 2. The van der Waals surface area contributed by atoms with Crippen LogP contribution in [0.4, 0.5) is 5.69 Å². The number of hydrazine groups is 1. The van der Waals surface area contributed by atoms with E-state index in [9.17, 15) is 4.79 Å². The van der Waals surface area contributed by atoms with Gasteiger partial charge in [0.05, 0.1) is 11.6 Å². The number of fused-ring (bicyclic) bond motifs is 1. The summed E-state index contributed by atoms with van der Waals surface area (Å²) >= 11 is 12.0. The van der Waals surface area contributed by atoms with E-state index >= 15 is 0 Å². The van der Waals surface area contributed by atoms with Crippen LogP contribution in [0.2, 0.25) is 10.0 Å². The van der Waals surface area contributed by atoms with Gasteiger partial charge in [0.15, 0.2) is 0 Å². The molecule has 5 heteroatoms. The third kappa shape index (κ3) is 2.42. The largest absolute Gasteiger partial charge is 0.272 e. The van der Waals surface area contributed by atoms with Crippen molar-refractivity contribution in [2.75, 3.05) is 19.1 Å². The minimum atomic E-state index is -0.322. The van der Waals surface area contributed by atoms with Gasteiger partial charge < -0.3 is 0 Å². The number of anilines is 1. The SMILES string of the molecule is CN(C)N1C(=O)C(c2ccc(Cl)cc2)c2ccc(Cl)cc21. The average molecular weight is 321 g/mol. The van der Waals surface area contributed by atoms with Gasteiger partial charge in [0.1, 0.15) is 0 Å². The van der Waals surface area contributed by atoms with Crippen LogP contribution >= 0.6 is 23.2 Å². The number of hydrogen-bond donors (Lipinski definition) is 0. The minimum absolute atomic E-state index is 0.0135. The lowest BCUT2D eigenvalue weighted by Gasteiger charge is -2.25. The van der Waals surface area contributed by atoms with Crippen LogP contribution in [0.1, 0.15) is 17.0 Å². The molecule has 0 radical (unpaired) electrons. The Morgan fingerprint density at radius 3 is 2.24 bits per heavy atom. The molecule has 0 saturated heterocycles. The van der Waals surface area contributed by atoms with Crippen molar-refractivity contribution in [1.29, 1.82) is 0 Å². The molecule has 21 heavy (non-hydrogen) atoms. The van der Waals surface area contributed by atoms with E-state index < -0.39 is 0 Å². The molecule has 2 aromatic carbocycles. The third-order valence-electron chi connectivity index (χ3n) is 3.59. The smallest absolute Gasteiger partial charge is 0.253 e. The Labute approximate surface area is 133 Å². The van der Waals surface area contributed by atoms with Gasteiger partial charge in [-0.15, -0.1) is 0 Å². The molecule has 1 aliphatic rings. The highest BCUT2D eigenvalue weighted by molar-refractivity contribution is 6.31. The number of benzene rings is 2. The molecule has 0 aromatic heterocycles.